The van der Waals surface area contributed by atoms with Crippen molar-refractivity contribution in [3.05, 3.63) is 59.4 Å². The topological polar surface area (TPSA) is 54.5 Å². The summed E-state index contributed by atoms with van der Waals surface area (Å²) < 4.78 is 5.90. The molecule has 1 aliphatic heterocycles. The maximum Gasteiger partial charge on any atom is 0.226 e. The average molecular weight is 382 g/mol. The predicted octanol–water partition coefficient (Wildman–Crippen LogP) is 3.64. The summed E-state index contributed by atoms with van der Waals surface area (Å²) >= 11 is 0. The smallest absolute Gasteiger partial charge is 0.226 e. The van der Waals surface area contributed by atoms with E-state index in [1.54, 1.807) is 6.20 Å². The first-order valence-corrected chi connectivity index (χ1v) is 10.2. The quantitative estimate of drug-likeness (QED) is 0.796. The third kappa shape index (κ3) is 5.80. The molecule has 1 saturated heterocycles. The van der Waals surface area contributed by atoms with E-state index >= 15 is 0 Å². The van der Waals surface area contributed by atoms with Gasteiger partial charge in [0.25, 0.3) is 0 Å². The highest BCUT2D eigenvalue weighted by Crippen LogP contribution is 2.20. The van der Waals surface area contributed by atoms with Gasteiger partial charge >= 0.3 is 0 Å². The number of aromatic nitrogens is 1. The van der Waals surface area contributed by atoms with Crippen LogP contribution < -0.4 is 10.1 Å². The minimum absolute atomic E-state index is 0.141. The fourth-order valence-electron chi connectivity index (χ4n) is 3.75. The van der Waals surface area contributed by atoms with Crippen LogP contribution in [0.3, 0.4) is 0 Å². The Morgan fingerprint density at radius 1 is 1.21 bits per heavy atom. The zero-order chi connectivity index (χ0) is 19.8. The first-order chi connectivity index (χ1) is 13.6. The number of hydrogen-bond acceptors (Lipinski definition) is 4. The lowest BCUT2D eigenvalue weighted by molar-refractivity contribution is -0.135. The molecule has 1 fully saturated rings. The molecule has 3 rings (SSSR count). The molecule has 2 heterocycles. The summed E-state index contributed by atoms with van der Waals surface area (Å²) in [6, 6.07) is 12.2. The normalized spacial score (nSPS) is 17.0. The van der Waals surface area contributed by atoms with Crippen molar-refractivity contribution < 1.29 is 9.53 Å². The highest BCUT2D eigenvalue weighted by atomic mass is 16.5. The van der Waals surface area contributed by atoms with E-state index in [9.17, 15) is 4.79 Å². The van der Waals surface area contributed by atoms with Gasteiger partial charge in [-0.05, 0) is 70.0 Å². The van der Waals surface area contributed by atoms with Crippen molar-refractivity contribution in [2.45, 2.75) is 52.1 Å². The molecule has 0 bridgehead atoms. The van der Waals surface area contributed by atoms with Crippen LogP contribution in [0.25, 0.3) is 0 Å². The first-order valence-electron chi connectivity index (χ1n) is 10.2. The van der Waals surface area contributed by atoms with Gasteiger partial charge < -0.3 is 15.0 Å². The van der Waals surface area contributed by atoms with Crippen molar-refractivity contribution in [1.29, 1.82) is 0 Å². The molecular formula is C23H31N3O2. The number of nitrogens with zero attached hydrogens (tertiary/aromatic N) is 2. The van der Waals surface area contributed by atoms with Crippen LogP contribution in [0.1, 0.15) is 42.5 Å². The Bertz CT molecular complexity index is 756. The number of ether oxygens (including phenoxy) is 1. The molecule has 0 spiro atoms. The Morgan fingerprint density at radius 3 is 2.89 bits per heavy atom. The largest absolute Gasteiger partial charge is 0.493 e. The number of benzene rings is 1. The Morgan fingerprint density at radius 2 is 2.11 bits per heavy atom. The second kappa shape index (κ2) is 10.2. The molecule has 5 nitrogen and oxygen atoms in total. The highest BCUT2D eigenvalue weighted by Gasteiger charge is 2.25. The van der Waals surface area contributed by atoms with Crippen LogP contribution in [-0.2, 0) is 11.3 Å². The van der Waals surface area contributed by atoms with Gasteiger partial charge in [0.15, 0.2) is 0 Å². The molecule has 1 aromatic heterocycles. The van der Waals surface area contributed by atoms with Crippen LogP contribution >= 0.6 is 0 Å². The van der Waals surface area contributed by atoms with Crippen LogP contribution in [-0.4, -0.2) is 41.5 Å². The van der Waals surface area contributed by atoms with Crippen LogP contribution in [0.5, 0.6) is 5.75 Å². The number of pyridine rings is 1. The number of carbonyl (C=O) groups is 1. The van der Waals surface area contributed by atoms with E-state index in [1.165, 1.54) is 5.56 Å². The third-order valence-corrected chi connectivity index (χ3v) is 5.27. The van der Waals surface area contributed by atoms with Gasteiger partial charge in [-0.2, -0.15) is 0 Å². The van der Waals surface area contributed by atoms with E-state index in [-0.39, 0.29) is 11.9 Å². The Hall–Kier alpha value is -2.40. The van der Waals surface area contributed by atoms with E-state index in [2.05, 4.69) is 23.3 Å². The molecular weight excluding hydrogens is 350 g/mol. The molecule has 2 aromatic rings. The predicted molar refractivity (Wildman–Crippen MR) is 111 cm³/mol. The zero-order valence-electron chi connectivity index (χ0n) is 17.0. The monoisotopic (exact) mass is 381 g/mol. The highest BCUT2D eigenvalue weighted by molar-refractivity contribution is 5.76. The summed E-state index contributed by atoms with van der Waals surface area (Å²) in [6.07, 6.45) is 5.27. The van der Waals surface area contributed by atoms with Gasteiger partial charge in [-0.25, -0.2) is 0 Å². The zero-order valence-corrected chi connectivity index (χ0v) is 17.0. The molecule has 150 valence electrons. The summed E-state index contributed by atoms with van der Waals surface area (Å²) in [7, 11) is 0. The van der Waals surface area contributed by atoms with Crippen molar-refractivity contribution in [3.8, 4) is 5.75 Å². The minimum Gasteiger partial charge on any atom is -0.493 e. The molecule has 5 heteroatoms. The van der Waals surface area contributed by atoms with Gasteiger partial charge in [0.05, 0.1) is 25.3 Å². The summed E-state index contributed by atoms with van der Waals surface area (Å²) in [5.41, 5.74) is 3.25. The minimum atomic E-state index is 0.141. The molecule has 0 radical (unpaired) electrons. The molecule has 0 aliphatic carbocycles. The third-order valence-electron chi connectivity index (χ3n) is 5.27. The Labute approximate surface area is 168 Å². The summed E-state index contributed by atoms with van der Waals surface area (Å²) in [6.45, 7) is 7.04. The number of amides is 1. The van der Waals surface area contributed by atoms with Crippen molar-refractivity contribution in [2.75, 3.05) is 19.7 Å². The number of rotatable bonds is 7. The lowest BCUT2D eigenvalue weighted by Gasteiger charge is -2.31. The van der Waals surface area contributed by atoms with Gasteiger partial charge in [-0.3, -0.25) is 9.78 Å². The molecule has 1 unspecified atom stereocenters. The fraction of sp³-hybridized carbons (Fsp3) is 0.478. The molecule has 1 N–H and O–H groups in total. The van der Waals surface area contributed by atoms with Gasteiger partial charge in [0.1, 0.15) is 5.75 Å². The second-order valence-electron chi connectivity index (χ2n) is 7.54. The SMILES string of the molecule is Cc1ccc(OCCC(=O)N(Cc2ccccn2)C2CCCNCC2)c(C)c1. The molecule has 1 atom stereocenters. The Balaban J connectivity index is 1.63. The summed E-state index contributed by atoms with van der Waals surface area (Å²) in [5.74, 6) is 0.996. The molecule has 1 amide bonds. The number of nitrogens with one attached hydrogen (secondary N) is 1. The van der Waals surface area contributed by atoms with Crippen LogP contribution in [0.2, 0.25) is 0 Å². The van der Waals surface area contributed by atoms with Gasteiger partial charge in [-0.15, -0.1) is 0 Å². The lowest BCUT2D eigenvalue weighted by Crippen LogP contribution is -2.41. The van der Waals surface area contributed by atoms with Gasteiger partial charge in [-0.1, -0.05) is 23.8 Å². The first kappa shape index (κ1) is 20.3. The average Bonchev–Trinajstić information content (AvgIpc) is 2.98. The number of carbonyl (C=O) groups excluding carboxylic acids is 1. The van der Waals surface area contributed by atoms with Crippen molar-refractivity contribution in [2.24, 2.45) is 0 Å². The number of hydrogen-bond donors (Lipinski definition) is 1. The van der Waals surface area contributed by atoms with Gasteiger partial charge in [0.2, 0.25) is 5.91 Å². The fourth-order valence-corrected chi connectivity index (χ4v) is 3.75. The molecule has 28 heavy (non-hydrogen) atoms. The van der Waals surface area contributed by atoms with Gasteiger partial charge in [0, 0.05) is 12.2 Å². The van der Waals surface area contributed by atoms with Crippen LogP contribution in [0, 0.1) is 13.8 Å². The molecule has 1 aromatic carbocycles. The van der Waals surface area contributed by atoms with Crippen LogP contribution in [0.15, 0.2) is 42.6 Å². The van der Waals surface area contributed by atoms with E-state index in [0.29, 0.717) is 19.6 Å². The van der Waals surface area contributed by atoms with Crippen molar-refractivity contribution >= 4 is 5.91 Å². The number of aryl methyl sites for hydroxylation is 2. The van der Waals surface area contributed by atoms with E-state index in [1.807, 2.05) is 42.2 Å². The maximum absolute atomic E-state index is 13.1. The van der Waals surface area contributed by atoms with E-state index < -0.39 is 0 Å². The molecule has 0 saturated carbocycles. The van der Waals surface area contributed by atoms with Crippen molar-refractivity contribution in [1.82, 2.24) is 15.2 Å². The van der Waals surface area contributed by atoms with Crippen LogP contribution in [0.4, 0.5) is 0 Å². The summed E-state index contributed by atoms with van der Waals surface area (Å²) in [4.78, 5) is 19.5. The Kier molecular flexibility index (Phi) is 7.43. The molecule has 1 aliphatic rings. The second-order valence-corrected chi connectivity index (χ2v) is 7.54. The maximum atomic E-state index is 13.1. The standard InChI is InChI=1S/C23H31N3O2/c1-18-8-9-22(19(2)16-18)28-15-11-23(27)26(17-20-6-3-4-13-25-20)21-7-5-12-24-14-10-21/h3-4,6,8-9,13,16,21,24H,5,7,10-12,14-15,17H2,1-2H3. The van der Waals surface area contributed by atoms with Crippen molar-refractivity contribution in [3.63, 3.8) is 0 Å². The van der Waals surface area contributed by atoms with E-state index in [4.69, 9.17) is 4.74 Å². The lowest BCUT2D eigenvalue weighted by atomic mass is 10.1. The summed E-state index contributed by atoms with van der Waals surface area (Å²) in [5, 5.41) is 3.43. The van der Waals surface area contributed by atoms with E-state index in [0.717, 1.165) is 49.4 Å².